The third-order valence-electron chi connectivity index (χ3n) is 2.22. The van der Waals surface area contributed by atoms with E-state index in [0.717, 1.165) is 5.56 Å². The van der Waals surface area contributed by atoms with Gasteiger partial charge < -0.3 is 5.32 Å². The molecule has 4 nitrogen and oxygen atoms in total. The number of carbonyl (C=O) groups is 2. The average Bonchev–Trinajstić information content (AvgIpc) is 2.38. The predicted molar refractivity (Wildman–Crippen MR) is 68.1 cm³/mol. The monoisotopic (exact) mass is 284 g/mol. The number of nitriles is 1. The van der Waals surface area contributed by atoms with E-state index in [4.69, 9.17) is 28.5 Å². The number of Topliss-reactive ketones (excluding diaryl/α,β-unsaturated/α-hetero) is 1. The van der Waals surface area contributed by atoms with E-state index in [-0.39, 0.29) is 12.4 Å². The number of nitrogens with one attached hydrogen (secondary N) is 1. The fourth-order valence-corrected chi connectivity index (χ4v) is 1.53. The Morgan fingerprint density at radius 2 is 1.94 bits per heavy atom. The maximum Gasteiger partial charge on any atom is 0.245 e. The van der Waals surface area contributed by atoms with Gasteiger partial charge in [0.2, 0.25) is 5.91 Å². The summed E-state index contributed by atoms with van der Waals surface area (Å²) < 4.78 is 0. The summed E-state index contributed by atoms with van der Waals surface area (Å²) >= 11 is 11.0. The van der Waals surface area contributed by atoms with Gasteiger partial charge in [-0.25, -0.2) is 0 Å². The van der Waals surface area contributed by atoms with E-state index in [1.165, 1.54) is 0 Å². The summed E-state index contributed by atoms with van der Waals surface area (Å²) in [5.41, 5.74) is 0.822. The van der Waals surface area contributed by atoms with E-state index in [1.54, 1.807) is 30.3 Å². The smallest absolute Gasteiger partial charge is 0.245 e. The van der Waals surface area contributed by atoms with Gasteiger partial charge in [-0.15, -0.1) is 11.6 Å². The van der Waals surface area contributed by atoms with Gasteiger partial charge >= 0.3 is 0 Å². The second-order valence-corrected chi connectivity index (χ2v) is 4.21. The Hall–Kier alpha value is -1.57. The van der Waals surface area contributed by atoms with Gasteiger partial charge in [0.25, 0.3) is 0 Å². The maximum atomic E-state index is 11.6. The van der Waals surface area contributed by atoms with Crippen LogP contribution in [0.15, 0.2) is 24.3 Å². The molecule has 0 aliphatic rings. The summed E-state index contributed by atoms with van der Waals surface area (Å²) in [5.74, 6) is -2.95. The van der Waals surface area contributed by atoms with Crippen molar-refractivity contribution < 1.29 is 9.59 Å². The van der Waals surface area contributed by atoms with E-state index in [2.05, 4.69) is 5.32 Å². The minimum atomic E-state index is -1.35. The zero-order chi connectivity index (χ0) is 13.5. The summed E-state index contributed by atoms with van der Waals surface area (Å²) in [4.78, 5) is 22.8. The van der Waals surface area contributed by atoms with Crippen LogP contribution in [0, 0.1) is 17.2 Å². The first-order valence-electron chi connectivity index (χ1n) is 5.09. The first kappa shape index (κ1) is 14.5. The molecule has 0 unspecified atom stereocenters. The first-order valence-corrected chi connectivity index (χ1v) is 6.00. The molecule has 0 aromatic heterocycles. The van der Waals surface area contributed by atoms with Crippen molar-refractivity contribution in [2.75, 3.05) is 5.88 Å². The number of hydrogen-bond donors (Lipinski definition) is 1. The Labute approximate surface area is 114 Å². The molecule has 0 aliphatic carbocycles. The van der Waals surface area contributed by atoms with Crippen LogP contribution in [0.25, 0.3) is 0 Å². The Kier molecular flexibility index (Phi) is 5.63. The van der Waals surface area contributed by atoms with Crippen molar-refractivity contribution in [3.8, 4) is 6.07 Å². The minimum absolute atomic E-state index is 0.226. The standard InChI is InChI=1S/C12H10Cl2N2O2/c13-5-11(17)10(6-15)12(18)16-7-8-1-3-9(14)4-2-8/h1-4,10H,5,7H2,(H,16,18)/t10-/m1/s1. The molecule has 94 valence electrons. The van der Waals surface area contributed by atoms with Crippen LogP contribution in [0.4, 0.5) is 0 Å². The Morgan fingerprint density at radius 1 is 1.33 bits per heavy atom. The minimum Gasteiger partial charge on any atom is -0.350 e. The molecule has 1 atom stereocenters. The Morgan fingerprint density at radius 3 is 2.44 bits per heavy atom. The molecule has 18 heavy (non-hydrogen) atoms. The van der Waals surface area contributed by atoms with Crippen LogP contribution in [0.1, 0.15) is 5.56 Å². The lowest BCUT2D eigenvalue weighted by Crippen LogP contribution is -2.34. The number of halogens is 2. The van der Waals surface area contributed by atoms with Crippen molar-refractivity contribution >= 4 is 34.9 Å². The molecule has 0 bridgehead atoms. The molecular weight excluding hydrogens is 275 g/mol. The maximum absolute atomic E-state index is 11.6. The topological polar surface area (TPSA) is 70.0 Å². The SMILES string of the molecule is N#C[C@H](C(=O)CCl)C(=O)NCc1ccc(Cl)cc1. The lowest BCUT2D eigenvalue weighted by atomic mass is 10.1. The number of carbonyl (C=O) groups excluding carboxylic acids is 2. The third-order valence-corrected chi connectivity index (χ3v) is 2.74. The van der Waals surface area contributed by atoms with Crippen LogP contribution >= 0.6 is 23.2 Å². The van der Waals surface area contributed by atoms with E-state index in [1.807, 2.05) is 0 Å². The summed E-state index contributed by atoms with van der Waals surface area (Å²) in [5, 5.41) is 11.8. The molecule has 1 N–H and O–H groups in total. The van der Waals surface area contributed by atoms with Crippen molar-refractivity contribution in [3.63, 3.8) is 0 Å². The molecule has 1 aromatic carbocycles. The van der Waals surface area contributed by atoms with Crippen LogP contribution < -0.4 is 5.32 Å². The highest BCUT2D eigenvalue weighted by molar-refractivity contribution is 6.30. The molecule has 1 rings (SSSR count). The molecule has 0 fully saturated rings. The van der Waals surface area contributed by atoms with Gasteiger partial charge in [0.05, 0.1) is 11.9 Å². The number of nitrogens with zero attached hydrogens (tertiary/aromatic N) is 1. The van der Waals surface area contributed by atoms with Crippen molar-refractivity contribution in [1.29, 1.82) is 5.26 Å². The van der Waals surface area contributed by atoms with Crippen molar-refractivity contribution in [2.45, 2.75) is 6.54 Å². The normalized spacial score (nSPS) is 11.4. The summed E-state index contributed by atoms with van der Waals surface area (Å²) in [6.07, 6.45) is 0. The zero-order valence-electron chi connectivity index (χ0n) is 9.32. The number of amides is 1. The van der Waals surface area contributed by atoms with Crippen LogP contribution in [-0.2, 0) is 16.1 Å². The summed E-state index contributed by atoms with van der Waals surface area (Å²) in [7, 11) is 0. The zero-order valence-corrected chi connectivity index (χ0v) is 10.8. The second kappa shape index (κ2) is 7.00. The van der Waals surface area contributed by atoms with Gasteiger partial charge in [0, 0.05) is 11.6 Å². The lowest BCUT2D eigenvalue weighted by Gasteiger charge is -2.08. The van der Waals surface area contributed by atoms with E-state index < -0.39 is 17.6 Å². The molecule has 0 saturated heterocycles. The van der Waals surface area contributed by atoms with Crippen LogP contribution in [-0.4, -0.2) is 17.6 Å². The van der Waals surface area contributed by atoms with Crippen LogP contribution in [0.5, 0.6) is 0 Å². The fourth-order valence-electron chi connectivity index (χ4n) is 1.25. The average molecular weight is 285 g/mol. The molecule has 0 saturated carbocycles. The Balaban J connectivity index is 2.58. The fraction of sp³-hybridized carbons (Fsp3) is 0.250. The van der Waals surface area contributed by atoms with Gasteiger partial charge in [0.1, 0.15) is 0 Å². The first-order chi connectivity index (χ1) is 8.58. The highest BCUT2D eigenvalue weighted by Gasteiger charge is 2.24. The van der Waals surface area contributed by atoms with Gasteiger partial charge in [-0.3, -0.25) is 9.59 Å². The highest BCUT2D eigenvalue weighted by atomic mass is 35.5. The van der Waals surface area contributed by atoms with Crippen molar-refractivity contribution in [3.05, 3.63) is 34.9 Å². The number of ketones is 1. The van der Waals surface area contributed by atoms with E-state index >= 15 is 0 Å². The van der Waals surface area contributed by atoms with Gasteiger partial charge in [-0.05, 0) is 17.7 Å². The van der Waals surface area contributed by atoms with Crippen LogP contribution in [0.2, 0.25) is 5.02 Å². The van der Waals surface area contributed by atoms with Crippen molar-refractivity contribution in [2.24, 2.45) is 5.92 Å². The summed E-state index contributed by atoms with van der Waals surface area (Å²) in [6, 6.07) is 8.50. The number of hydrogen-bond acceptors (Lipinski definition) is 3. The molecule has 1 amide bonds. The van der Waals surface area contributed by atoms with E-state index in [9.17, 15) is 9.59 Å². The van der Waals surface area contributed by atoms with Crippen LogP contribution in [0.3, 0.4) is 0 Å². The number of alkyl halides is 1. The third kappa shape index (κ3) is 4.02. The number of benzene rings is 1. The van der Waals surface area contributed by atoms with Gasteiger partial charge in [-0.1, -0.05) is 23.7 Å². The predicted octanol–water partition coefficient (Wildman–Crippen LogP) is 1.90. The van der Waals surface area contributed by atoms with Gasteiger partial charge in [-0.2, -0.15) is 5.26 Å². The molecule has 1 aromatic rings. The van der Waals surface area contributed by atoms with Crippen molar-refractivity contribution in [1.82, 2.24) is 5.32 Å². The molecule has 0 radical (unpaired) electrons. The molecular formula is C12H10Cl2N2O2. The molecule has 0 heterocycles. The highest BCUT2D eigenvalue weighted by Crippen LogP contribution is 2.09. The Bertz CT molecular complexity index is 480. The van der Waals surface area contributed by atoms with Gasteiger partial charge in [0.15, 0.2) is 11.7 Å². The quantitative estimate of drug-likeness (QED) is 0.663. The second-order valence-electron chi connectivity index (χ2n) is 3.51. The molecule has 6 heteroatoms. The molecule has 0 aliphatic heterocycles. The lowest BCUT2D eigenvalue weighted by molar-refractivity contribution is -0.130. The largest absolute Gasteiger partial charge is 0.350 e. The number of rotatable bonds is 5. The summed E-state index contributed by atoms with van der Waals surface area (Å²) in [6.45, 7) is 0.226. The van der Waals surface area contributed by atoms with E-state index in [0.29, 0.717) is 5.02 Å². The molecule has 0 spiro atoms.